The Morgan fingerprint density at radius 2 is 1.64 bits per heavy atom. The van der Waals surface area contributed by atoms with E-state index in [9.17, 15) is 5.26 Å². The van der Waals surface area contributed by atoms with Crippen molar-refractivity contribution in [1.82, 2.24) is 0 Å². The van der Waals surface area contributed by atoms with E-state index in [1.54, 1.807) is 13.1 Å². The lowest BCUT2D eigenvalue weighted by molar-refractivity contribution is -0.662. The highest BCUT2D eigenvalue weighted by molar-refractivity contribution is 7.03. The van der Waals surface area contributed by atoms with Crippen LogP contribution in [0.1, 0.15) is 45.9 Å². The van der Waals surface area contributed by atoms with E-state index in [1.807, 2.05) is 31.2 Å². The molecule has 0 N–H and O–H groups in total. The van der Waals surface area contributed by atoms with E-state index in [-0.39, 0.29) is 5.69 Å². The molecular weight excluding hydrogens is 536 g/mol. The third-order valence-electron chi connectivity index (χ3n) is 8.76. The summed E-state index contributed by atoms with van der Waals surface area (Å²) in [7, 11) is -0.472. The number of hydrogen-bond acceptors (Lipinski definition) is 2. The monoisotopic (exact) mass is 574 g/mol. The van der Waals surface area contributed by atoms with Gasteiger partial charge in [-0.05, 0) is 57.6 Å². The van der Waals surface area contributed by atoms with E-state index in [4.69, 9.17) is 14.0 Å². The molecule has 3 nitrogen and oxygen atoms in total. The second-order valence-electron chi connectivity index (χ2n) is 11.5. The lowest BCUT2D eigenvalue weighted by Gasteiger charge is -2.19. The van der Waals surface area contributed by atoms with Crippen LogP contribution in [0.2, 0.25) is 13.1 Å². The van der Waals surface area contributed by atoms with Crippen molar-refractivity contribution < 1.29 is 23.0 Å². The number of benzene rings is 4. The van der Waals surface area contributed by atoms with Gasteiger partial charge in [-0.1, -0.05) is 81.4 Å². The summed E-state index contributed by atoms with van der Waals surface area (Å²) >= 11 is 0. The molecule has 3 heterocycles. The van der Waals surface area contributed by atoms with E-state index in [0.29, 0.717) is 38.8 Å². The zero-order chi connectivity index (χ0) is 35.4. The van der Waals surface area contributed by atoms with Crippen LogP contribution < -0.4 is 14.9 Å². The normalized spacial score (nSPS) is 16.8. The van der Waals surface area contributed by atoms with Gasteiger partial charge in [-0.15, -0.1) is 0 Å². The van der Waals surface area contributed by atoms with E-state index in [1.165, 1.54) is 26.1 Å². The second kappa shape index (κ2) is 9.24. The quantitative estimate of drug-likeness (QED) is 0.159. The minimum absolute atomic E-state index is 0.272. The maximum atomic E-state index is 15.6. The molecule has 0 bridgehead atoms. The van der Waals surface area contributed by atoms with Crippen molar-refractivity contribution in [2.24, 2.45) is 7.05 Å². The zero-order valence-corrected chi connectivity index (χ0v) is 24.7. The Kier molecular flexibility index (Phi) is 4.30. The highest BCUT2D eigenvalue weighted by Gasteiger charge is 2.37. The number of nitrogens with zero attached hydrogens (tertiary/aromatic N) is 2. The molecule has 0 amide bonds. The maximum absolute atomic E-state index is 15.6. The van der Waals surface area contributed by atoms with Crippen LogP contribution in [0.5, 0.6) is 0 Å². The number of hydrogen-bond donors (Lipinski definition) is 0. The van der Waals surface area contributed by atoms with Crippen LogP contribution in [0, 0.1) is 24.1 Å². The van der Waals surface area contributed by atoms with Crippen molar-refractivity contribution in [1.29, 1.82) is 5.26 Å². The fraction of sp³-hybridized carbons (Fsp3) is 0.189. The summed E-state index contributed by atoms with van der Waals surface area (Å²) in [6.45, 7) is -0.268. The fourth-order valence-electron chi connectivity index (χ4n) is 6.62. The van der Waals surface area contributed by atoms with Crippen LogP contribution >= 0.6 is 0 Å². The highest BCUT2D eigenvalue weighted by atomic mass is 28.3. The van der Waals surface area contributed by atoms with Gasteiger partial charge in [0.25, 0.3) is 0 Å². The summed E-state index contributed by atoms with van der Waals surface area (Å²) in [4.78, 5) is 0. The first-order valence-electron chi connectivity index (χ1n) is 17.3. The van der Waals surface area contributed by atoms with Crippen molar-refractivity contribution in [3.8, 4) is 39.6 Å². The largest absolute Gasteiger partial charge is 0.454 e. The smallest absolute Gasteiger partial charge is 0.216 e. The molecule has 0 spiro atoms. The van der Waals surface area contributed by atoms with Crippen LogP contribution in [0.4, 0.5) is 4.39 Å². The number of halogens is 1. The summed E-state index contributed by atoms with van der Waals surface area (Å²) in [6, 6.07) is 25.6. The van der Waals surface area contributed by atoms with Crippen LogP contribution in [0.25, 0.3) is 55.4 Å². The molecule has 7 rings (SSSR count). The van der Waals surface area contributed by atoms with E-state index in [2.05, 4.69) is 55.6 Å². The Hall–Kier alpha value is -4.53. The number of aromatic nitrogens is 1. The first-order chi connectivity index (χ1) is 22.9. The molecule has 1 aliphatic rings. The first-order valence-corrected chi connectivity index (χ1v) is 16.8. The van der Waals surface area contributed by atoms with Gasteiger partial charge in [-0.2, -0.15) is 9.83 Å². The molecule has 0 aliphatic carbocycles. The first kappa shape index (κ1) is 19.6. The molecule has 206 valence electrons. The molecule has 5 heteroatoms. The molecule has 4 aromatic carbocycles. The minimum Gasteiger partial charge on any atom is -0.454 e. The van der Waals surface area contributed by atoms with Gasteiger partial charge in [0.15, 0.2) is 5.82 Å². The molecular formula is C37H32FN2OSi+. The summed E-state index contributed by atoms with van der Waals surface area (Å²) in [5.74, 6) is -4.35. The molecule has 0 saturated heterocycles. The van der Waals surface area contributed by atoms with Gasteiger partial charge >= 0.3 is 0 Å². The Labute approximate surface area is 256 Å². The van der Waals surface area contributed by atoms with E-state index >= 15 is 4.39 Å². The summed E-state index contributed by atoms with van der Waals surface area (Å²) < 4.78 is 80.2. The summed E-state index contributed by atoms with van der Waals surface area (Å²) in [6.07, 6.45) is 1.000. The lowest BCUT2D eigenvalue weighted by atomic mass is 9.94. The molecule has 2 aromatic heterocycles. The molecule has 1 aliphatic heterocycles. The number of fused-ring (bicyclic) bond motifs is 6. The minimum atomic E-state index is -3.37. The zero-order valence-electron chi connectivity index (χ0n) is 30.7. The molecule has 42 heavy (non-hydrogen) atoms. The second-order valence-corrected chi connectivity index (χ2v) is 15.9. The molecule has 0 unspecified atom stereocenters. The molecule has 6 aromatic rings. The highest BCUT2D eigenvalue weighted by Crippen LogP contribution is 2.43. The van der Waals surface area contributed by atoms with E-state index in [0.717, 1.165) is 23.2 Å². The van der Waals surface area contributed by atoms with Gasteiger partial charge in [-0.25, -0.2) is 4.39 Å². The predicted molar refractivity (Wildman–Crippen MR) is 171 cm³/mol. The average Bonchev–Trinajstić information content (AvgIpc) is 3.51. The fourth-order valence-corrected chi connectivity index (χ4v) is 9.72. The Morgan fingerprint density at radius 1 is 0.929 bits per heavy atom. The summed E-state index contributed by atoms with van der Waals surface area (Å²) in [5, 5.41) is 14.4. The Bertz CT molecular complexity index is 2410. The topological polar surface area (TPSA) is 40.8 Å². The van der Waals surface area contributed by atoms with Crippen molar-refractivity contribution in [3.05, 3.63) is 102 Å². The van der Waals surface area contributed by atoms with Gasteiger partial charge in [0, 0.05) is 37.6 Å². The average molecular weight is 575 g/mol. The molecule has 0 radical (unpaired) electrons. The molecule has 0 atom stereocenters. The number of nitriles is 1. The van der Waals surface area contributed by atoms with Crippen LogP contribution in [0.3, 0.4) is 0 Å². The van der Waals surface area contributed by atoms with Crippen LogP contribution in [0.15, 0.2) is 83.4 Å². The maximum Gasteiger partial charge on any atom is 0.216 e. The third-order valence-corrected chi connectivity index (χ3v) is 12.3. The van der Waals surface area contributed by atoms with Crippen molar-refractivity contribution >= 4 is 40.4 Å². The standard InChI is InChI=1S/C37H32FN2OSi/c1-21(2)29-18-31(40(4)20-30(29)38)34-22(3)11-14-27-28-16-13-24(19-39)35(37(28)41-36(27)34)23-12-15-26-25-9-7-8-10-32(25)42(5,6)33(26)17-23/h7-18,20-21H,1-6H3/q+1/i1D3,2D3,21D. The third kappa shape index (κ3) is 3.65. The number of furan rings is 1. The van der Waals surface area contributed by atoms with Crippen molar-refractivity contribution in [3.63, 3.8) is 0 Å². The SMILES string of the molecule is [2H]C([2H])([2H])C([2H])(c1cc(-c2c(C)ccc3c2oc2c(-c4ccc5c(c4)[Si](C)(C)c4ccccc4-5)c(C#N)ccc23)[n+](C)cc1F)C([2H])([2H])[2H]. The predicted octanol–water partition coefficient (Wildman–Crippen LogP) is 7.99. The summed E-state index contributed by atoms with van der Waals surface area (Å²) in [5.41, 5.74) is 5.94. The van der Waals surface area contributed by atoms with Crippen LogP contribution in [-0.4, -0.2) is 8.07 Å². The molecule has 0 fully saturated rings. The van der Waals surface area contributed by atoms with Gasteiger partial charge in [0.2, 0.25) is 11.9 Å². The van der Waals surface area contributed by atoms with Crippen molar-refractivity contribution in [2.75, 3.05) is 0 Å². The Morgan fingerprint density at radius 3 is 2.40 bits per heavy atom. The van der Waals surface area contributed by atoms with Gasteiger partial charge in [0.1, 0.15) is 26.3 Å². The van der Waals surface area contributed by atoms with Crippen LogP contribution in [-0.2, 0) is 7.05 Å². The van der Waals surface area contributed by atoms with Crippen molar-refractivity contribution in [2.45, 2.75) is 39.6 Å². The van der Waals surface area contributed by atoms with E-state index < -0.39 is 39.1 Å². The van der Waals surface area contributed by atoms with Gasteiger partial charge in [0.05, 0.1) is 17.2 Å². The number of pyridine rings is 1. The number of rotatable bonds is 3. The lowest BCUT2D eigenvalue weighted by Crippen LogP contribution is -2.49. The van der Waals surface area contributed by atoms with Gasteiger partial charge < -0.3 is 4.42 Å². The molecule has 0 saturated carbocycles. The Balaban J connectivity index is 1.50. The van der Waals surface area contributed by atoms with Gasteiger partial charge in [-0.3, -0.25) is 0 Å². The number of aryl methyl sites for hydroxylation is 2.